The number of hydrogen-bond acceptors (Lipinski definition) is 3. The van der Waals surface area contributed by atoms with Crippen LogP contribution in [0.1, 0.15) is 21.7 Å². The summed E-state index contributed by atoms with van der Waals surface area (Å²) in [6.07, 6.45) is 0. The van der Waals surface area contributed by atoms with E-state index in [0.717, 1.165) is 21.3 Å². The number of carbonyl (C=O) groups is 1. The van der Waals surface area contributed by atoms with Crippen LogP contribution in [0, 0.1) is 6.92 Å². The van der Waals surface area contributed by atoms with Gasteiger partial charge in [-0.05, 0) is 48.9 Å². The molecule has 0 unspecified atom stereocenters. The van der Waals surface area contributed by atoms with Gasteiger partial charge in [-0.3, -0.25) is 4.79 Å². The maximum Gasteiger partial charge on any atom is 0.255 e. The first-order valence-corrected chi connectivity index (χ1v) is 8.23. The fraction of sp³-hybridized carbons (Fsp3) is 0.105. The van der Waals surface area contributed by atoms with Crippen molar-refractivity contribution >= 4 is 27.5 Å². The van der Waals surface area contributed by atoms with Gasteiger partial charge in [0.05, 0.1) is 0 Å². The van der Waals surface area contributed by atoms with E-state index in [9.17, 15) is 4.79 Å². The highest BCUT2D eigenvalue weighted by atomic mass is 79.9. The minimum atomic E-state index is -0.174. The lowest BCUT2D eigenvalue weighted by molar-refractivity contribution is 0.102. The molecule has 0 aliphatic rings. The highest BCUT2D eigenvalue weighted by Gasteiger charge is 2.11. The Morgan fingerprint density at radius 1 is 1.17 bits per heavy atom. The molecule has 3 rings (SSSR count). The van der Waals surface area contributed by atoms with E-state index >= 15 is 0 Å². The van der Waals surface area contributed by atoms with E-state index in [1.807, 2.05) is 37.3 Å². The third-order valence-electron chi connectivity index (χ3n) is 3.67. The number of aryl methyl sites for hydroxylation is 1. The van der Waals surface area contributed by atoms with Crippen LogP contribution in [-0.2, 0) is 6.61 Å². The fourth-order valence-corrected chi connectivity index (χ4v) is 2.75. The molecule has 0 aliphatic heterocycles. The van der Waals surface area contributed by atoms with Crippen LogP contribution in [0.3, 0.4) is 0 Å². The van der Waals surface area contributed by atoms with E-state index in [0.29, 0.717) is 17.1 Å². The second-order valence-corrected chi connectivity index (χ2v) is 6.33. The minimum Gasteiger partial charge on any atom is -0.459 e. The van der Waals surface area contributed by atoms with Crippen molar-refractivity contribution in [3.8, 4) is 11.3 Å². The lowest BCUT2D eigenvalue weighted by atomic mass is 10.1. The van der Waals surface area contributed by atoms with Crippen molar-refractivity contribution in [2.45, 2.75) is 13.5 Å². The van der Waals surface area contributed by atoms with Gasteiger partial charge >= 0.3 is 0 Å². The van der Waals surface area contributed by atoms with E-state index in [1.54, 1.807) is 24.3 Å². The topological polar surface area (TPSA) is 62.5 Å². The largest absolute Gasteiger partial charge is 0.459 e. The zero-order valence-electron chi connectivity index (χ0n) is 13.0. The number of nitrogens with one attached hydrogen (secondary N) is 1. The van der Waals surface area contributed by atoms with Crippen LogP contribution < -0.4 is 5.32 Å². The van der Waals surface area contributed by atoms with Gasteiger partial charge in [0.25, 0.3) is 5.91 Å². The molecule has 3 aromatic rings. The molecule has 5 heteroatoms. The second-order valence-electron chi connectivity index (χ2n) is 5.42. The first-order chi connectivity index (χ1) is 11.6. The average molecular weight is 386 g/mol. The van der Waals surface area contributed by atoms with Crippen molar-refractivity contribution in [1.29, 1.82) is 0 Å². The molecule has 122 valence electrons. The van der Waals surface area contributed by atoms with E-state index in [4.69, 9.17) is 9.52 Å². The maximum atomic E-state index is 12.4. The summed E-state index contributed by atoms with van der Waals surface area (Å²) in [6.45, 7) is 1.79. The Hall–Kier alpha value is -2.37. The van der Waals surface area contributed by atoms with Crippen molar-refractivity contribution in [2.75, 3.05) is 5.32 Å². The molecule has 0 saturated carbocycles. The lowest BCUT2D eigenvalue weighted by Gasteiger charge is -2.10. The smallest absolute Gasteiger partial charge is 0.255 e. The first-order valence-electron chi connectivity index (χ1n) is 7.44. The number of aliphatic hydroxyl groups excluding tert-OH is 1. The third kappa shape index (κ3) is 3.58. The number of carbonyl (C=O) groups excluding carboxylic acids is 1. The molecule has 1 heterocycles. The third-order valence-corrected chi connectivity index (χ3v) is 4.17. The number of aliphatic hydroxyl groups is 1. The summed E-state index contributed by atoms with van der Waals surface area (Å²) >= 11 is 3.37. The Bertz CT molecular complexity index is 886. The van der Waals surface area contributed by atoms with Gasteiger partial charge in [-0.25, -0.2) is 0 Å². The fourth-order valence-electron chi connectivity index (χ4n) is 2.35. The first kappa shape index (κ1) is 16.5. The number of benzene rings is 2. The van der Waals surface area contributed by atoms with Gasteiger partial charge in [-0.15, -0.1) is 0 Å². The van der Waals surface area contributed by atoms with Gasteiger partial charge in [0.15, 0.2) is 0 Å². The van der Waals surface area contributed by atoms with Crippen molar-refractivity contribution in [3.63, 3.8) is 0 Å². The standard InChI is InChI=1S/C19H16BrNO3/c1-12-5-6-13(18-8-7-16(11-22)24-18)10-17(12)21-19(23)14-3-2-4-15(20)9-14/h2-10,22H,11H2,1H3,(H,21,23). The van der Waals surface area contributed by atoms with Gasteiger partial charge in [-0.2, -0.15) is 0 Å². The second kappa shape index (κ2) is 7.03. The van der Waals surface area contributed by atoms with E-state index < -0.39 is 0 Å². The van der Waals surface area contributed by atoms with Crippen LogP contribution in [0.5, 0.6) is 0 Å². The summed E-state index contributed by atoms with van der Waals surface area (Å²) in [5, 5.41) is 12.0. The zero-order chi connectivity index (χ0) is 17.1. The van der Waals surface area contributed by atoms with Crippen LogP contribution >= 0.6 is 15.9 Å². The van der Waals surface area contributed by atoms with Crippen molar-refractivity contribution in [3.05, 3.63) is 76.0 Å². The molecule has 0 spiro atoms. The van der Waals surface area contributed by atoms with Crippen molar-refractivity contribution in [1.82, 2.24) is 0 Å². The number of furan rings is 1. The molecule has 0 atom stereocenters. The Morgan fingerprint density at radius 2 is 2.00 bits per heavy atom. The normalized spacial score (nSPS) is 10.6. The molecular formula is C19H16BrNO3. The monoisotopic (exact) mass is 385 g/mol. The Kier molecular flexibility index (Phi) is 4.83. The van der Waals surface area contributed by atoms with Gasteiger partial charge in [0, 0.05) is 21.3 Å². The molecule has 0 fully saturated rings. The number of hydrogen-bond donors (Lipinski definition) is 2. The molecule has 0 bridgehead atoms. The summed E-state index contributed by atoms with van der Waals surface area (Å²) in [6, 6.07) is 16.5. The molecule has 0 aliphatic carbocycles. The molecule has 1 amide bonds. The molecular weight excluding hydrogens is 370 g/mol. The van der Waals surface area contributed by atoms with Gasteiger partial charge in [0.1, 0.15) is 18.1 Å². The van der Waals surface area contributed by atoms with Crippen LogP contribution in [0.2, 0.25) is 0 Å². The molecule has 0 saturated heterocycles. The molecule has 24 heavy (non-hydrogen) atoms. The Labute approximate surface area is 148 Å². The van der Waals surface area contributed by atoms with Gasteiger partial charge < -0.3 is 14.8 Å². The molecule has 4 nitrogen and oxygen atoms in total. The summed E-state index contributed by atoms with van der Waals surface area (Å²) in [7, 11) is 0. The van der Waals surface area contributed by atoms with Crippen LogP contribution in [0.4, 0.5) is 5.69 Å². The molecule has 2 aromatic carbocycles. The van der Waals surface area contributed by atoms with Gasteiger partial charge in [-0.1, -0.05) is 34.1 Å². The van der Waals surface area contributed by atoms with Crippen LogP contribution in [0.25, 0.3) is 11.3 Å². The van der Waals surface area contributed by atoms with E-state index in [-0.39, 0.29) is 12.5 Å². The number of anilines is 1. The summed E-state index contributed by atoms with van der Waals surface area (Å²) < 4.78 is 6.40. The molecule has 2 N–H and O–H groups in total. The SMILES string of the molecule is Cc1ccc(-c2ccc(CO)o2)cc1NC(=O)c1cccc(Br)c1. The molecule has 0 radical (unpaired) electrons. The zero-order valence-corrected chi connectivity index (χ0v) is 14.6. The minimum absolute atomic E-state index is 0.141. The quantitative estimate of drug-likeness (QED) is 0.680. The number of rotatable bonds is 4. The number of halogens is 1. The average Bonchev–Trinajstić information content (AvgIpc) is 3.06. The predicted molar refractivity (Wildman–Crippen MR) is 96.9 cm³/mol. The summed E-state index contributed by atoms with van der Waals surface area (Å²) in [5.41, 5.74) is 3.09. The van der Waals surface area contributed by atoms with E-state index in [2.05, 4.69) is 21.2 Å². The lowest BCUT2D eigenvalue weighted by Crippen LogP contribution is -2.12. The highest BCUT2D eigenvalue weighted by Crippen LogP contribution is 2.27. The van der Waals surface area contributed by atoms with Crippen LogP contribution in [-0.4, -0.2) is 11.0 Å². The van der Waals surface area contributed by atoms with Crippen molar-refractivity contribution in [2.24, 2.45) is 0 Å². The van der Waals surface area contributed by atoms with Crippen molar-refractivity contribution < 1.29 is 14.3 Å². The van der Waals surface area contributed by atoms with Gasteiger partial charge in [0.2, 0.25) is 0 Å². The van der Waals surface area contributed by atoms with Crippen LogP contribution in [0.15, 0.2) is 63.5 Å². The maximum absolute atomic E-state index is 12.4. The number of amides is 1. The summed E-state index contributed by atoms with van der Waals surface area (Å²) in [5.74, 6) is 0.981. The highest BCUT2D eigenvalue weighted by molar-refractivity contribution is 9.10. The Morgan fingerprint density at radius 3 is 2.71 bits per heavy atom. The Balaban J connectivity index is 1.87. The predicted octanol–water partition coefficient (Wildman–Crippen LogP) is 4.76. The van der Waals surface area contributed by atoms with E-state index in [1.165, 1.54) is 0 Å². The molecule has 1 aromatic heterocycles. The summed E-state index contributed by atoms with van der Waals surface area (Å²) in [4.78, 5) is 12.4.